The smallest absolute Gasteiger partial charge is 0.417 e. The number of hydrogen-bond acceptors (Lipinski definition) is 1. The summed E-state index contributed by atoms with van der Waals surface area (Å²) in [5.74, 6) is 0.598. The molecule has 0 aromatic heterocycles. The summed E-state index contributed by atoms with van der Waals surface area (Å²) in [6, 6.07) is 12.5. The second-order valence-electron chi connectivity index (χ2n) is 3.49. The van der Waals surface area contributed by atoms with E-state index in [1.54, 1.807) is 24.3 Å². The Morgan fingerprint density at radius 2 is 1.67 bits per heavy atom. The summed E-state index contributed by atoms with van der Waals surface area (Å²) in [5, 5.41) is 0. The van der Waals surface area contributed by atoms with Gasteiger partial charge in [-0.2, -0.15) is 13.2 Å². The maximum Gasteiger partial charge on any atom is 0.417 e. The molecular weight excluding hydrogens is 309 g/mol. The van der Waals surface area contributed by atoms with E-state index in [0.29, 0.717) is 5.75 Å². The van der Waals surface area contributed by atoms with Gasteiger partial charge in [0.05, 0.1) is 5.56 Å². The lowest BCUT2D eigenvalue weighted by molar-refractivity contribution is -0.137. The highest BCUT2D eigenvalue weighted by atomic mass is 79.9. The molecule has 0 amide bonds. The highest BCUT2D eigenvalue weighted by Crippen LogP contribution is 2.32. The van der Waals surface area contributed by atoms with Gasteiger partial charge in [-0.3, -0.25) is 0 Å². The van der Waals surface area contributed by atoms with Gasteiger partial charge in [-0.05, 0) is 42.5 Å². The molecule has 0 atom stereocenters. The van der Waals surface area contributed by atoms with Crippen LogP contribution < -0.4 is 4.74 Å². The van der Waals surface area contributed by atoms with Gasteiger partial charge in [0.25, 0.3) is 0 Å². The minimum absolute atomic E-state index is 0.128. The fourth-order valence-electron chi connectivity index (χ4n) is 1.31. The molecule has 2 rings (SSSR count). The van der Waals surface area contributed by atoms with Gasteiger partial charge in [-0.15, -0.1) is 0 Å². The summed E-state index contributed by atoms with van der Waals surface area (Å²) in [4.78, 5) is 0. The Balaban J connectivity index is 2.22. The van der Waals surface area contributed by atoms with E-state index in [4.69, 9.17) is 4.74 Å². The molecule has 0 heterocycles. The summed E-state index contributed by atoms with van der Waals surface area (Å²) >= 11 is 3.26. The molecule has 5 heteroatoms. The maximum atomic E-state index is 12.5. The molecule has 0 fully saturated rings. The predicted octanol–water partition coefficient (Wildman–Crippen LogP) is 5.06. The Morgan fingerprint density at radius 1 is 1.00 bits per heavy atom. The van der Waals surface area contributed by atoms with Gasteiger partial charge >= 0.3 is 6.18 Å². The summed E-state index contributed by atoms with van der Waals surface area (Å²) in [6.07, 6.45) is -4.42. The Bertz CT molecular complexity index is 535. The number of rotatable bonds is 2. The third kappa shape index (κ3) is 3.26. The predicted molar refractivity (Wildman–Crippen MR) is 64.5 cm³/mol. The largest absolute Gasteiger partial charge is 0.457 e. The van der Waals surface area contributed by atoms with Crippen molar-refractivity contribution in [1.82, 2.24) is 0 Å². The number of halogens is 4. The van der Waals surface area contributed by atoms with Crippen LogP contribution in [-0.2, 0) is 6.18 Å². The first-order chi connectivity index (χ1) is 8.45. The Labute approximate surface area is 110 Å². The molecule has 1 radical (unpaired) electrons. The van der Waals surface area contributed by atoms with E-state index in [1.165, 1.54) is 12.1 Å². The standard InChI is InChI=1S/C13H7BrF3O/c14-10-4-6-11(7-5-10)18-12-3-1-2-9(8-12)13(15,16)17/h1,3-8H. The van der Waals surface area contributed by atoms with Crippen molar-refractivity contribution in [3.63, 3.8) is 0 Å². The second kappa shape index (κ2) is 5.02. The summed E-state index contributed by atoms with van der Waals surface area (Å²) < 4.78 is 43.6. The average molecular weight is 316 g/mol. The molecule has 0 bridgehead atoms. The van der Waals surface area contributed by atoms with Crippen LogP contribution >= 0.6 is 15.9 Å². The first-order valence-corrected chi connectivity index (χ1v) is 5.77. The maximum absolute atomic E-state index is 12.5. The monoisotopic (exact) mass is 315 g/mol. The third-order valence-electron chi connectivity index (χ3n) is 2.13. The molecule has 0 N–H and O–H groups in total. The lowest BCUT2D eigenvalue weighted by Gasteiger charge is -2.09. The van der Waals surface area contributed by atoms with Crippen molar-refractivity contribution in [2.75, 3.05) is 0 Å². The number of hydrogen-bond donors (Lipinski definition) is 0. The normalized spacial score (nSPS) is 11.3. The average Bonchev–Trinajstić information content (AvgIpc) is 2.31. The Morgan fingerprint density at radius 3 is 2.28 bits per heavy atom. The first-order valence-electron chi connectivity index (χ1n) is 4.97. The molecule has 0 aliphatic heterocycles. The molecule has 2 aromatic carbocycles. The van der Waals surface area contributed by atoms with Gasteiger partial charge in [0.1, 0.15) is 11.5 Å². The van der Waals surface area contributed by atoms with Crippen LogP contribution in [0.25, 0.3) is 0 Å². The van der Waals surface area contributed by atoms with Crippen LogP contribution in [0.1, 0.15) is 5.56 Å². The van der Waals surface area contributed by atoms with Gasteiger partial charge in [0.15, 0.2) is 0 Å². The zero-order valence-electron chi connectivity index (χ0n) is 8.96. The number of ether oxygens (including phenoxy) is 1. The van der Waals surface area contributed by atoms with Crippen molar-refractivity contribution in [3.05, 3.63) is 58.6 Å². The number of alkyl halides is 3. The van der Waals surface area contributed by atoms with Crippen molar-refractivity contribution < 1.29 is 17.9 Å². The highest BCUT2D eigenvalue weighted by Gasteiger charge is 2.30. The lowest BCUT2D eigenvalue weighted by Crippen LogP contribution is -2.04. The van der Waals surface area contributed by atoms with E-state index in [2.05, 4.69) is 22.0 Å². The fraction of sp³-hybridized carbons (Fsp3) is 0.0769. The van der Waals surface area contributed by atoms with Crippen molar-refractivity contribution >= 4 is 15.9 Å². The summed E-state index contributed by atoms with van der Waals surface area (Å²) in [6.45, 7) is 0. The molecule has 2 aromatic rings. The molecule has 0 saturated carbocycles. The van der Waals surface area contributed by atoms with E-state index < -0.39 is 11.7 Å². The zero-order valence-corrected chi connectivity index (χ0v) is 10.5. The minimum Gasteiger partial charge on any atom is -0.457 e. The van der Waals surface area contributed by atoms with Crippen molar-refractivity contribution in [1.29, 1.82) is 0 Å². The van der Waals surface area contributed by atoms with Gasteiger partial charge < -0.3 is 4.74 Å². The van der Waals surface area contributed by atoms with Crippen LogP contribution in [0.5, 0.6) is 11.5 Å². The van der Waals surface area contributed by atoms with E-state index in [1.807, 2.05) is 0 Å². The molecule has 0 saturated heterocycles. The van der Waals surface area contributed by atoms with Crippen molar-refractivity contribution in [3.8, 4) is 11.5 Å². The van der Waals surface area contributed by atoms with Crippen LogP contribution in [0.15, 0.2) is 46.9 Å². The van der Waals surface area contributed by atoms with Crippen LogP contribution in [0, 0.1) is 6.07 Å². The summed E-state index contributed by atoms with van der Waals surface area (Å²) in [7, 11) is 0. The molecule has 18 heavy (non-hydrogen) atoms. The topological polar surface area (TPSA) is 9.23 Å². The van der Waals surface area contributed by atoms with Crippen LogP contribution in [0.3, 0.4) is 0 Å². The molecule has 0 spiro atoms. The van der Waals surface area contributed by atoms with Gasteiger partial charge in [0, 0.05) is 4.47 Å². The zero-order chi connectivity index (χ0) is 13.2. The lowest BCUT2D eigenvalue weighted by atomic mass is 10.2. The van der Waals surface area contributed by atoms with Gasteiger partial charge in [-0.1, -0.05) is 22.0 Å². The fourth-order valence-corrected chi connectivity index (χ4v) is 1.58. The number of benzene rings is 2. The molecule has 0 aliphatic carbocycles. The molecular formula is C13H7BrF3O. The van der Waals surface area contributed by atoms with Crippen LogP contribution in [0.4, 0.5) is 13.2 Å². The minimum atomic E-state index is -4.42. The Kier molecular flexibility index (Phi) is 3.61. The molecule has 0 aliphatic rings. The van der Waals surface area contributed by atoms with Gasteiger partial charge in [0.2, 0.25) is 0 Å². The second-order valence-corrected chi connectivity index (χ2v) is 4.41. The molecule has 0 unspecified atom stereocenters. The molecule has 93 valence electrons. The van der Waals surface area contributed by atoms with Gasteiger partial charge in [-0.25, -0.2) is 0 Å². The Hall–Kier alpha value is -1.49. The summed E-state index contributed by atoms with van der Waals surface area (Å²) in [5.41, 5.74) is -0.850. The third-order valence-corrected chi connectivity index (χ3v) is 2.66. The van der Waals surface area contributed by atoms with E-state index in [-0.39, 0.29) is 5.75 Å². The quantitative estimate of drug-likeness (QED) is 0.752. The van der Waals surface area contributed by atoms with Crippen LogP contribution in [-0.4, -0.2) is 0 Å². The van der Waals surface area contributed by atoms with Crippen molar-refractivity contribution in [2.45, 2.75) is 6.18 Å². The van der Waals surface area contributed by atoms with Crippen LogP contribution in [0.2, 0.25) is 0 Å². The SMILES string of the molecule is FC(F)(F)c1[c]ccc(Oc2ccc(Br)cc2)c1. The van der Waals surface area contributed by atoms with E-state index in [0.717, 1.165) is 10.5 Å². The highest BCUT2D eigenvalue weighted by molar-refractivity contribution is 9.10. The van der Waals surface area contributed by atoms with E-state index in [9.17, 15) is 13.2 Å². The van der Waals surface area contributed by atoms with E-state index >= 15 is 0 Å². The first kappa shape index (κ1) is 13.0. The molecule has 1 nitrogen and oxygen atoms in total. The van der Waals surface area contributed by atoms with Crippen molar-refractivity contribution in [2.24, 2.45) is 0 Å².